The van der Waals surface area contributed by atoms with Gasteiger partial charge in [0.1, 0.15) is 11.6 Å². The molecule has 1 aliphatic carbocycles. The monoisotopic (exact) mass is 547 g/mol. The van der Waals surface area contributed by atoms with E-state index in [0.717, 1.165) is 25.7 Å². The van der Waals surface area contributed by atoms with Crippen molar-refractivity contribution in [1.82, 2.24) is 23.8 Å². The molecule has 2 saturated heterocycles. The minimum absolute atomic E-state index is 0.0302. The number of anilines is 2. The van der Waals surface area contributed by atoms with E-state index in [1.54, 1.807) is 34.6 Å². The van der Waals surface area contributed by atoms with Crippen LogP contribution in [0.2, 0.25) is 0 Å². The Hall–Kier alpha value is -2.90. The summed E-state index contributed by atoms with van der Waals surface area (Å²) in [6.45, 7) is 2.99. The highest BCUT2D eigenvalue weighted by Crippen LogP contribution is 2.32. The fraction of sp³-hybridized carbons (Fsp3) is 0.560. The molecule has 1 N–H and O–H groups in total. The molecule has 13 heteroatoms. The minimum Gasteiger partial charge on any atom is -0.378 e. The van der Waals surface area contributed by atoms with E-state index >= 15 is 0 Å². The Kier molecular flexibility index (Phi) is 6.91. The number of rotatable bonds is 6. The Morgan fingerprint density at radius 2 is 1.71 bits per heavy atom. The van der Waals surface area contributed by atoms with Gasteiger partial charge in [0.2, 0.25) is 16.0 Å². The molecule has 1 aromatic carbocycles. The molecular weight excluding hydrogens is 516 g/mol. The summed E-state index contributed by atoms with van der Waals surface area (Å²) in [7, 11) is -3.14. The molecule has 4 heterocycles. The molecule has 204 valence electrons. The van der Waals surface area contributed by atoms with Crippen molar-refractivity contribution in [2.45, 2.75) is 50.6 Å². The first-order chi connectivity index (χ1) is 18.4. The van der Waals surface area contributed by atoms with E-state index in [4.69, 9.17) is 9.72 Å². The summed E-state index contributed by atoms with van der Waals surface area (Å²) < 4.78 is 61.4. The normalized spacial score (nSPS) is 24.3. The predicted molar refractivity (Wildman–Crippen MR) is 139 cm³/mol. The maximum Gasteiger partial charge on any atom is 0.296 e. The molecule has 3 aromatic rings. The maximum atomic E-state index is 14.1. The number of hydrogen-bond donors (Lipinski definition) is 1. The number of aromatic nitrogens is 4. The summed E-state index contributed by atoms with van der Waals surface area (Å²) in [6, 6.07) is 8.83. The molecule has 2 aromatic heterocycles. The standard InChI is InChI=1S/C25H31F2N7O3S/c26-23(27)24-29-19-4-1-2-5-20(19)34(24)22-16-21(32-11-13-37-14-12-32)30-25(31-22)28-17-6-8-18(9-7-17)33-10-3-15-38(33,35)36/h1-2,4-5,16-18,23H,3,6-15H2,(H,28,30,31)/t17-,18-. The van der Waals surface area contributed by atoms with Crippen LogP contribution in [0.3, 0.4) is 0 Å². The van der Waals surface area contributed by atoms with Gasteiger partial charge < -0.3 is 15.0 Å². The van der Waals surface area contributed by atoms with Crippen LogP contribution in [0.4, 0.5) is 20.5 Å². The smallest absolute Gasteiger partial charge is 0.296 e. The van der Waals surface area contributed by atoms with Crippen molar-refractivity contribution in [3.63, 3.8) is 0 Å². The molecule has 10 nitrogen and oxygen atoms in total. The van der Waals surface area contributed by atoms with Crippen LogP contribution in [0.1, 0.15) is 44.4 Å². The number of imidazole rings is 1. The second-order valence-corrected chi connectivity index (χ2v) is 12.1. The Bertz CT molecular complexity index is 1400. The lowest BCUT2D eigenvalue weighted by Crippen LogP contribution is -2.41. The molecular formula is C25H31F2N7O3S. The van der Waals surface area contributed by atoms with E-state index in [0.29, 0.717) is 67.9 Å². The van der Waals surface area contributed by atoms with Gasteiger partial charge in [0.05, 0.1) is 30.0 Å². The van der Waals surface area contributed by atoms with Crippen molar-refractivity contribution in [1.29, 1.82) is 0 Å². The number of para-hydroxylation sites is 2. The molecule has 3 aliphatic rings. The first-order valence-electron chi connectivity index (χ1n) is 13.1. The number of hydrogen-bond acceptors (Lipinski definition) is 8. The largest absolute Gasteiger partial charge is 0.378 e. The Balaban J connectivity index is 1.30. The Morgan fingerprint density at radius 3 is 2.42 bits per heavy atom. The highest BCUT2D eigenvalue weighted by atomic mass is 32.2. The van der Waals surface area contributed by atoms with Gasteiger partial charge >= 0.3 is 0 Å². The number of fused-ring (bicyclic) bond motifs is 1. The van der Waals surface area contributed by atoms with Crippen molar-refractivity contribution in [2.24, 2.45) is 0 Å². The number of halogens is 2. The first-order valence-corrected chi connectivity index (χ1v) is 14.7. The predicted octanol–water partition coefficient (Wildman–Crippen LogP) is 3.35. The second-order valence-electron chi connectivity index (χ2n) is 10.0. The van der Waals surface area contributed by atoms with E-state index in [9.17, 15) is 17.2 Å². The van der Waals surface area contributed by atoms with Crippen LogP contribution < -0.4 is 10.2 Å². The average molecular weight is 548 g/mol. The third-order valence-corrected chi connectivity index (χ3v) is 9.62. The average Bonchev–Trinajstić information content (AvgIpc) is 3.49. The van der Waals surface area contributed by atoms with Crippen LogP contribution in [0.15, 0.2) is 30.3 Å². The van der Waals surface area contributed by atoms with Gasteiger partial charge in [-0.25, -0.2) is 22.2 Å². The van der Waals surface area contributed by atoms with Crippen molar-refractivity contribution in [3.8, 4) is 5.82 Å². The van der Waals surface area contributed by atoms with Crippen molar-refractivity contribution >= 4 is 32.8 Å². The third kappa shape index (κ3) is 4.94. The fourth-order valence-corrected chi connectivity index (χ4v) is 7.55. The summed E-state index contributed by atoms with van der Waals surface area (Å²) in [5.41, 5.74) is 1.02. The van der Waals surface area contributed by atoms with E-state index < -0.39 is 16.4 Å². The van der Waals surface area contributed by atoms with Crippen LogP contribution in [-0.2, 0) is 14.8 Å². The summed E-state index contributed by atoms with van der Waals surface area (Å²) in [4.78, 5) is 15.7. The number of benzene rings is 1. The summed E-state index contributed by atoms with van der Waals surface area (Å²) in [5.74, 6) is 1.19. The number of sulfonamides is 1. The Labute approximate surface area is 220 Å². The lowest BCUT2D eigenvalue weighted by Gasteiger charge is -2.34. The topological polar surface area (TPSA) is 105 Å². The first kappa shape index (κ1) is 25.4. The summed E-state index contributed by atoms with van der Waals surface area (Å²) in [6.07, 6.45) is 0.969. The van der Waals surface area contributed by atoms with E-state index in [2.05, 4.69) is 20.2 Å². The summed E-state index contributed by atoms with van der Waals surface area (Å²) >= 11 is 0. The van der Waals surface area contributed by atoms with E-state index in [-0.39, 0.29) is 23.7 Å². The zero-order chi connectivity index (χ0) is 26.3. The molecule has 0 radical (unpaired) electrons. The number of ether oxygens (including phenoxy) is 1. The fourth-order valence-electron chi connectivity index (χ4n) is 5.75. The number of nitrogens with one attached hydrogen (secondary N) is 1. The van der Waals surface area contributed by atoms with Crippen LogP contribution in [0.25, 0.3) is 16.9 Å². The van der Waals surface area contributed by atoms with Crippen molar-refractivity contribution < 1.29 is 21.9 Å². The SMILES string of the molecule is O=S1(=O)CCCN1[C@H]1CC[C@H](Nc2nc(N3CCOCC3)cc(-n3c(C(F)F)nc4ccccc43)n2)CC1. The van der Waals surface area contributed by atoms with Gasteiger partial charge in [-0.2, -0.15) is 14.3 Å². The van der Waals surface area contributed by atoms with Gasteiger partial charge in [-0.15, -0.1) is 0 Å². The molecule has 6 rings (SSSR count). The zero-order valence-corrected chi connectivity index (χ0v) is 21.8. The van der Waals surface area contributed by atoms with E-state index in [1.165, 1.54) is 4.57 Å². The quantitative estimate of drug-likeness (QED) is 0.501. The van der Waals surface area contributed by atoms with Gasteiger partial charge in [-0.3, -0.25) is 4.57 Å². The molecule has 0 atom stereocenters. The van der Waals surface area contributed by atoms with Gasteiger partial charge in [-0.05, 0) is 44.2 Å². The van der Waals surface area contributed by atoms with E-state index in [1.807, 2.05) is 0 Å². The molecule has 0 bridgehead atoms. The molecule has 1 saturated carbocycles. The highest BCUT2D eigenvalue weighted by molar-refractivity contribution is 7.89. The van der Waals surface area contributed by atoms with Gasteiger partial charge in [0.15, 0.2) is 5.82 Å². The van der Waals surface area contributed by atoms with Crippen molar-refractivity contribution in [3.05, 3.63) is 36.2 Å². The molecule has 38 heavy (non-hydrogen) atoms. The summed E-state index contributed by atoms with van der Waals surface area (Å²) in [5, 5.41) is 3.42. The highest BCUT2D eigenvalue weighted by Gasteiger charge is 2.36. The molecule has 2 aliphatic heterocycles. The minimum atomic E-state index is -3.14. The van der Waals surface area contributed by atoms with Gasteiger partial charge in [-0.1, -0.05) is 12.1 Å². The zero-order valence-electron chi connectivity index (χ0n) is 21.0. The van der Waals surface area contributed by atoms with Crippen LogP contribution in [0, 0.1) is 0 Å². The van der Waals surface area contributed by atoms with Crippen LogP contribution >= 0.6 is 0 Å². The Morgan fingerprint density at radius 1 is 0.974 bits per heavy atom. The van der Waals surface area contributed by atoms with Gasteiger partial charge in [0, 0.05) is 37.8 Å². The van der Waals surface area contributed by atoms with Crippen molar-refractivity contribution in [2.75, 3.05) is 48.8 Å². The third-order valence-electron chi connectivity index (χ3n) is 7.62. The lowest BCUT2D eigenvalue weighted by atomic mass is 9.91. The second kappa shape index (κ2) is 10.3. The molecule has 3 fully saturated rings. The maximum absolute atomic E-state index is 14.1. The van der Waals surface area contributed by atoms with Gasteiger partial charge in [0.25, 0.3) is 6.43 Å². The van der Waals surface area contributed by atoms with Crippen LogP contribution in [-0.4, -0.2) is 82.9 Å². The molecule has 0 unspecified atom stereocenters. The molecule has 0 amide bonds. The molecule has 0 spiro atoms. The number of nitrogens with zero attached hydrogens (tertiary/aromatic N) is 6. The number of morpholine rings is 1. The van der Waals surface area contributed by atoms with Crippen LogP contribution in [0.5, 0.6) is 0 Å². The lowest BCUT2D eigenvalue weighted by molar-refractivity contribution is 0.122. The number of alkyl halides is 2.